The summed E-state index contributed by atoms with van der Waals surface area (Å²) < 4.78 is 160. The van der Waals surface area contributed by atoms with Gasteiger partial charge in [-0.25, -0.2) is 0 Å². The second-order valence-electron chi connectivity index (χ2n) is 8.45. The van der Waals surface area contributed by atoms with Crippen molar-refractivity contribution in [3.8, 4) is 22.5 Å². The Hall–Kier alpha value is -5.08. The van der Waals surface area contributed by atoms with E-state index >= 15 is 0 Å². The molecule has 38 heavy (non-hydrogen) atoms. The lowest BCUT2D eigenvalue weighted by molar-refractivity contribution is 1.17. The minimum absolute atomic E-state index is 0.0204. The lowest BCUT2D eigenvalue weighted by atomic mass is 10.1. The fraction of sp³-hybridized carbons (Fsp3) is 0. The van der Waals surface area contributed by atoms with Crippen molar-refractivity contribution in [2.75, 3.05) is 0 Å². The average Bonchev–Trinajstić information content (AvgIpc) is 3.70. The fourth-order valence-corrected chi connectivity index (χ4v) is 4.88. The summed E-state index contributed by atoms with van der Waals surface area (Å²) in [6, 6.07) is -1.64. The number of para-hydroxylation sites is 3. The van der Waals surface area contributed by atoms with Crippen LogP contribution in [0.15, 0.2) is 145 Å². The first-order valence-electron chi connectivity index (χ1n) is 20.6. The minimum atomic E-state index is -0.735. The van der Waals surface area contributed by atoms with Crippen molar-refractivity contribution in [2.45, 2.75) is 0 Å². The molecule has 8 aromatic rings. The highest BCUT2D eigenvalue weighted by molar-refractivity contribution is 6.16. The molecule has 0 saturated heterocycles. The van der Waals surface area contributed by atoms with Gasteiger partial charge in [0.1, 0.15) is 0 Å². The first-order valence-corrected chi connectivity index (χ1v) is 11.6. The van der Waals surface area contributed by atoms with Crippen molar-refractivity contribution < 1.29 is 24.7 Å². The van der Waals surface area contributed by atoms with Gasteiger partial charge >= 0.3 is 0 Å². The molecule has 0 fully saturated rings. The van der Waals surface area contributed by atoms with Crippen molar-refractivity contribution >= 4 is 43.6 Å². The Morgan fingerprint density at radius 3 is 1.63 bits per heavy atom. The van der Waals surface area contributed by atoms with Gasteiger partial charge in [0.2, 0.25) is 0 Å². The molecule has 178 valence electrons. The number of benzene rings is 6. The molecule has 0 radical (unpaired) electrons. The molecular weight excluding hydrogens is 460 g/mol. The molecule has 8 rings (SSSR count). The molecule has 0 N–H and O–H groups in total. The first-order chi connectivity index (χ1) is 26.3. The minimum Gasteiger partial charge on any atom is -0.309 e. The van der Waals surface area contributed by atoms with Gasteiger partial charge in [0.25, 0.3) is 0 Å². The predicted molar refractivity (Wildman–Crippen MR) is 161 cm³/mol. The third kappa shape index (κ3) is 3.01. The van der Waals surface area contributed by atoms with E-state index < -0.39 is 96.3 Å². The van der Waals surface area contributed by atoms with Crippen LogP contribution in [0.2, 0.25) is 0 Å². The van der Waals surface area contributed by atoms with E-state index in [9.17, 15) is 2.74 Å². The van der Waals surface area contributed by atoms with E-state index in [2.05, 4.69) is 0 Å². The van der Waals surface area contributed by atoms with Gasteiger partial charge in [-0.1, -0.05) is 103 Å². The number of hydrogen-bond acceptors (Lipinski definition) is 0. The second-order valence-corrected chi connectivity index (χ2v) is 8.45. The Morgan fingerprint density at radius 2 is 0.974 bits per heavy atom. The molecule has 0 aliphatic rings. The van der Waals surface area contributed by atoms with Crippen LogP contribution in [0.25, 0.3) is 66.1 Å². The summed E-state index contributed by atoms with van der Waals surface area (Å²) >= 11 is 0. The zero-order valence-corrected chi connectivity index (χ0v) is 19.4. The van der Waals surface area contributed by atoms with Crippen LogP contribution in [-0.4, -0.2) is 9.13 Å². The molecule has 0 aliphatic carbocycles. The number of aromatic nitrogens is 2. The molecule has 2 heterocycles. The van der Waals surface area contributed by atoms with Gasteiger partial charge in [-0.3, -0.25) is 0 Å². The Morgan fingerprint density at radius 1 is 0.421 bits per heavy atom. The van der Waals surface area contributed by atoms with Crippen LogP contribution in [0.1, 0.15) is 24.7 Å². The molecule has 0 unspecified atom stereocenters. The summed E-state index contributed by atoms with van der Waals surface area (Å²) in [5.74, 6) is 0. The summed E-state index contributed by atoms with van der Waals surface area (Å²) in [6.07, 6.45) is 0. The monoisotopic (exact) mass is 502 g/mol. The molecule has 6 aromatic carbocycles. The van der Waals surface area contributed by atoms with E-state index in [0.29, 0.717) is 5.56 Å². The van der Waals surface area contributed by atoms with Gasteiger partial charge in [0.15, 0.2) is 0 Å². The molecule has 0 saturated carbocycles. The van der Waals surface area contributed by atoms with E-state index in [4.69, 9.17) is 21.9 Å². The standard InChI is InChI=1S/C36H24N2/c1-2-11-25(12-3-1)26-21-23-27(24-22-26)37-33-18-9-6-15-30(33)36-34(37)19-10-20-35(36)38-31-16-7-4-13-28(31)29-14-5-8-17-32(29)38/h1-24H/i1D,4D,5D,6D,7D,8D,9D,10D,11D,12D,13D,14D,15D,16D,17D,18D,19D,20D. The highest BCUT2D eigenvalue weighted by atomic mass is 15.0. The number of hydrogen-bond donors (Lipinski definition) is 0. The molecule has 0 aliphatic heterocycles. The topological polar surface area (TPSA) is 9.86 Å². The van der Waals surface area contributed by atoms with Gasteiger partial charge in [-0.05, 0) is 53.5 Å². The number of nitrogens with zero attached hydrogens (tertiary/aromatic N) is 2. The molecule has 2 aromatic heterocycles. The summed E-state index contributed by atoms with van der Waals surface area (Å²) in [5, 5.41) is -1.09. The van der Waals surface area contributed by atoms with E-state index in [0.717, 1.165) is 4.57 Å². The van der Waals surface area contributed by atoms with Gasteiger partial charge in [0.05, 0.1) is 52.4 Å². The third-order valence-electron chi connectivity index (χ3n) is 6.47. The van der Waals surface area contributed by atoms with Crippen molar-refractivity contribution in [3.63, 3.8) is 0 Å². The van der Waals surface area contributed by atoms with E-state index in [-0.39, 0.29) is 73.0 Å². The summed E-state index contributed by atoms with van der Waals surface area (Å²) in [7, 11) is 0. The first kappa shape index (κ1) is 10.00. The third-order valence-corrected chi connectivity index (χ3v) is 6.47. The summed E-state index contributed by atoms with van der Waals surface area (Å²) in [5.41, 5.74) is -0.780. The van der Waals surface area contributed by atoms with Crippen molar-refractivity contribution in [3.05, 3.63) is 145 Å². The summed E-state index contributed by atoms with van der Waals surface area (Å²) in [6.45, 7) is 0. The quantitative estimate of drug-likeness (QED) is 0.228. The van der Waals surface area contributed by atoms with Crippen molar-refractivity contribution in [2.24, 2.45) is 0 Å². The van der Waals surface area contributed by atoms with Gasteiger partial charge in [0, 0.05) is 27.2 Å². The lowest BCUT2D eigenvalue weighted by Crippen LogP contribution is -1.96. The van der Waals surface area contributed by atoms with E-state index in [1.807, 2.05) is 0 Å². The normalized spacial score (nSPS) is 18.3. The predicted octanol–water partition coefficient (Wildman–Crippen LogP) is 9.55. The SMILES string of the molecule is [2H]c1cc([2H])c(-c2ccc(-n3c4c([2H])c([2H])c([2H])c([2H])c4c4c(-n5c6c([2H])c([2H])c([2H])c([2H])c6c6c([2H])c([2H])c([2H])c([2H])c65)c([2H])c([2H])c([2H])c43)cc2)c([2H])c1. The average molecular weight is 503 g/mol. The molecule has 2 heteroatoms. The maximum Gasteiger partial charge on any atom is 0.0645 e. The number of rotatable bonds is 3. The summed E-state index contributed by atoms with van der Waals surface area (Å²) in [4.78, 5) is 0. The maximum absolute atomic E-state index is 9.31. The van der Waals surface area contributed by atoms with E-state index in [1.165, 1.54) is 28.8 Å². The van der Waals surface area contributed by atoms with Crippen LogP contribution in [0.4, 0.5) is 0 Å². The van der Waals surface area contributed by atoms with Gasteiger partial charge < -0.3 is 9.13 Å². The second kappa shape index (κ2) is 8.22. The van der Waals surface area contributed by atoms with Crippen LogP contribution >= 0.6 is 0 Å². The van der Waals surface area contributed by atoms with Crippen LogP contribution in [0.3, 0.4) is 0 Å². The Kier molecular flexibility index (Phi) is 2.16. The van der Waals surface area contributed by atoms with Gasteiger partial charge in [-0.2, -0.15) is 0 Å². The Bertz CT molecular complexity index is 3010. The highest BCUT2D eigenvalue weighted by Crippen LogP contribution is 2.39. The smallest absolute Gasteiger partial charge is 0.0645 e. The molecule has 0 spiro atoms. The van der Waals surface area contributed by atoms with Crippen LogP contribution in [-0.2, 0) is 0 Å². The molecule has 0 atom stereocenters. The van der Waals surface area contributed by atoms with Gasteiger partial charge in [-0.15, -0.1) is 0 Å². The van der Waals surface area contributed by atoms with Crippen molar-refractivity contribution in [1.82, 2.24) is 9.13 Å². The zero-order chi connectivity index (χ0) is 40.7. The largest absolute Gasteiger partial charge is 0.309 e. The van der Waals surface area contributed by atoms with Crippen molar-refractivity contribution in [1.29, 1.82) is 0 Å². The van der Waals surface area contributed by atoms with E-state index in [1.54, 1.807) is 12.1 Å². The molecule has 0 amide bonds. The van der Waals surface area contributed by atoms with Crippen LogP contribution in [0.5, 0.6) is 0 Å². The zero-order valence-electron chi connectivity index (χ0n) is 37.4. The molecule has 2 nitrogen and oxygen atoms in total. The molecular formula is C36H24N2. The Labute approximate surface area is 245 Å². The lowest BCUT2D eigenvalue weighted by Gasteiger charge is -2.12. The van der Waals surface area contributed by atoms with Crippen LogP contribution < -0.4 is 0 Å². The Balaban J connectivity index is 1.64. The highest BCUT2D eigenvalue weighted by Gasteiger charge is 2.19. The maximum atomic E-state index is 9.31. The molecule has 0 bridgehead atoms. The van der Waals surface area contributed by atoms with Crippen LogP contribution in [0, 0.1) is 0 Å². The number of fused-ring (bicyclic) bond motifs is 6. The fourth-order valence-electron chi connectivity index (χ4n) is 4.88.